The van der Waals surface area contributed by atoms with Gasteiger partial charge in [0.2, 0.25) is 0 Å². The van der Waals surface area contributed by atoms with Gasteiger partial charge < -0.3 is 5.32 Å². The molecule has 0 aliphatic heterocycles. The molecule has 0 amide bonds. The van der Waals surface area contributed by atoms with E-state index in [1.165, 1.54) is 0 Å². The van der Waals surface area contributed by atoms with E-state index < -0.39 is 0 Å². The van der Waals surface area contributed by atoms with Gasteiger partial charge in [0.1, 0.15) is 10.0 Å². The molecule has 2 atom stereocenters. The first-order chi connectivity index (χ1) is 7.10. The van der Waals surface area contributed by atoms with E-state index in [0.29, 0.717) is 17.9 Å². The van der Waals surface area contributed by atoms with Gasteiger partial charge in [0.15, 0.2) is 0 Å². The summed E-state index contributed by atoms with van der Waals surface area (Å²) >= 11 is 1.74. The third-order valence-corrected chi connectivity index (χ3v) is 4.14. The first-order valence-electron chi connectivity index (χ1n) is 5.60. The van der Waals surface area contributed by atoms with Crippen LogP contribution in [0, 0.1) is 5.92 Å². The summed E-state index contributed by atoms with van der Waals surface area (Å²) in [5.41, 5.74) is 0. The molecule has 0 aliphatic rings. The summed E-state index contributed by atoms with van der Waals surface area (Å²) in [4.78, 5) is 0. The summed E-state index contributed by atoms with van der Waals surface area (Å²) in [6, 6.07) is 0.357. The Morgan fingerprint density at radius 3 is 2.27 bits per heavy atom. The summed E-state index contributed by atoms with van der Waals surface area (Å²) in [6.45, 7) is 8.83. The summed E-state index contributed by atoms with van der Waals surface area (Å²) in [5.74, 6) is 1.13. The molecule has 3 nitrogen and oxygen atoms in total. The van der Waals surface area contributed by atoms with Crippen molar-refractivity contribution in [1.29, 1.82) is 0 Å². The predicted molar refractivity (Wildman–Crippen MR) is 65.3 cm³/mol. The van der Waals surface area contributed by atoms with Gasteiger partial charge in [-0.15, -0.1) is 10.2 Å². The highest BCUT2D eigenvalue weighted by Gasteiger charge is 2.18. The van der Waals surface area contributed by atoms with Crippen LogP contribution in [0.4, 0.5) is 0 Å². The van der Waals surface area contributed by atoms with Crippen molar-refractivity contribution >= 4 is 11.3 Å². The second-order valence-corrected chi connectivity index (χ2v) is 5.30. The van der Waals surface area contributed by atoms with E-state index in [2.05, 4.69) is 43.2 Å². The molecule has 4 heteroatoms. The fraction of sp³-hybridized carbons (Fsp3) is 0.818. The molecule has 0 saturated heterocycles. The van der Waals surface area contributed by atoms with Crippen molar-refractivity contribution in [3.63, 3.8) is 0 Å². The highest BCUT2D eigenvalue weighted by atomic mass is 32.1. The van der Waals surface area contributed by atoms with E-state index >= 15 is 0 Å². The lowest BCUT2D eigenvalue weighted by Gasteiger charge is -2.11. The van der Waals surface area contributed by atoms with Crippen molar-refractivity contribution in [3.8, 4) is 0 Å². The van der Waals surface area contributed by atoms with Crippen molar-refractivity contribution in [1.82, 2.24) is 15.5 Å². The predicted octanol–water partition coefficient (Wildman–Crippen LogP) is 2.97. The molecule has 1 N–H and O–H groups in total. The zero-order valence-corrected chi connectivity index (χ0v) is 11.1. The van der Waals surface area contributed by atoms with Crippen LogP contribution in [0.5, 0.6) is 0 Å². The van der Waals surface area contributed by atoms with Crippen LogP contribution >= 0.6 is 11.3 Å². The van der Waals surface area contributed by atoms with Crippen LogP contribution in [-0.4, -0.2) is 17.2 Å². The molecule has 0 saturated carbocycles. The van der Waals surface area contributed by atoms with Crippen molar-refractivity contribution in [3.05, 3.63) is 10.0 Å². The van der Waals surface area contributed by atoms with Crippen LogP contribution in [0.15, 0.2) is 0 Å². The largest absolute Gasteiger partial charge is 0.311 e. The minimum atomic E-state index is 0.357. The lowest BCUT2D eigenvalue weighted by atomic mass is 9.99. The van der Waals surface area contributed by atoms with Crippen molar-refractivity contribution in [2.45, 2.75) is 46.1 Å². The van der Waals surface area contributed by atoms with Gasteiger partial charge >= 0.3 is 0 Å². The SMILES string of the molecule is CCC(NC)c1nnc(C(C)C(C)C)s1. The van der Waals surface area contributed by atoms with Gasteiger partial charge in [0, 0.05) is 5.92 Å². The van der Waals surface area contributed by atoms with Gasteiger partial charge in [-0.1, -0.05) is 39.0 Å². The fourth-order valence-corrected chi connectivity index (χ4v) is 2.62. The Morgan fingerprint density at radius 1 is 1.20 bits per heavy atom. The standard InChI is InChI=1S/C11H21N3S/c1-6-9(12-5)11-14-13-10(15-11)8(4)7(2)3/h7-9,12H,6H2,1-5H3. The van der Waals surface area contributed by atoms with Crippen molar-refractivity contribution in [2.24, 2.45) is 5.92 Å². The smallest absolute Gasteiger partial charge is 0.134 e. The van der Waals surface area contributed by atoms with Crippen LogP contribution in [0.2, 0.25) is 0 Å². The first kappa shape index (κ1) is 12.6. The molecule has 1 heterocycles. The van der Waals surface area contributed by atoms with Crippen LogP contribution in [-0.2, 0) is 0 Å². The molecule has 0 spiro atoms. The zero-order valence-electron chi connectivity index (χ0n) is 10.2. The van der Waals surface area contributed by atoms with Crippen LogP contribution in [0.1, 0.15) is 56.1 Å². The quantitative estimate of drug-likeness (QED) is 0.840. The molecule has 15 heavy (non-hydrogen) atoms. The number of rotatable bonds is 5. The maximum absolute atomic E-state index is 4.28. The van der Waals surface area contributed by atoms with Gasteiger partial charge in [0.25, 0.3) is 0 Å². The maximum atomic E-state index is 4.28. The van der Waals surface area contributed by atoms with E-state index in [9.17, 15) is 0 Å². The molecular formula is C11H21N3S. The molecule has 0 fully saturated rings. The van der Waals surface area contributed by atoms with E-state index in [4.69, 9.17) is 0 Å². The lowest BCUT2D eigenvalue weighted by molar-refractivity contribution is 0.527. The number of hydrogen-bond donors (Lipinski definition) is 1. The Balaban J connectivity index is 2.79. The van der Waals surface area contributed by atoms with Crippen LogP contribution in [0.3, 0.4) is 0 Å². The molecule has 1 aromatic rings. The summed E-state index contributed by atoms with van der Waals surface area (Å²) in [5, 5.41) is 14.1. The average molecular weight is 227 g/mol. The molecule has 0 bridgehead atoms. The molecule has 86 valence electrons. The molecule has 0 aromatic carbocycles. The monoisotopic (exact) mass is 227 g/mol. The molecule has 0 aliphatic carbocycles. The van der Waals surface area contributed by atoms with Crippen LogP contribution in [0.25, 0.3) is 0 Å². The van der Waals surface area contributed by atoms with E-state index in [-0.39, 0.29) is 0 Å². The minimum absolute atomic E-state index is 0.357. The third kappa shape index (κ3) is 2.98. The van der Waals surface area contributed by atoms with Gasteiger partial charge in [-0.25, -0.2) is 0 Å². The third-order valence-electron chi connectivity index (χ3n) is 2.90. The van der Waals surface area contributed by atoms with Crippen LogP contribution < -0.4 is 5.32 Å². The molecule has 0 radical (unpaired) electrons. The highest BCUT2D eigenvalue weighted by Crippen LogP contribution is 2.29. The Hall–Kier alpha value is -0.480. The summed E-state index contributed by atoms with van der Waals surface area (Å²) in [6.07, 6.45) is 1.06. The second-order valence-electron chi connectivity index (χ2n) is 4.26. The van der Waals surface area contributed by atoms with Crippen molar-refractivity contribution < 1.29 is 0 Å². The van der Waals surface area contributed by atoms with Crippen molar-refractivity contribution in [2.75, 3.05) is 7.05 Å². The number of hydrogen-bond acceptors (Lipinski definition) is 4. The lowest BCUT2D eigenvalue weighted by Crippen LogP contribution is -2.14. The normalized spacial score (nSPS) is 15.6. The topological polar surface area (TPSA) is 37.8 Å². The molecule has 1 rings (SSSR count). The van der Waals surface area contributed by atoms with E-state index in [1.54, 1.807) is 11.3 Å². The zero-order chi connectivity index (χ0) is 11.4. The van der Waals surface area contributed by atoms with E-state index in [1.807, 2.05) is 7.05 Å². The van der Waals surface area contributed by atoms with Gasteiger partial charge in [0.05, 0.1) is 6.04 Å². The first-order valence-corrected chi connectivity index (χ1v) is 6.42. The highest BCUT2D eigenvalue weighted by molar-refractivity contribution is 7.11. The Morgan fingerprint density at radius 2 is 1.80 bits per heavy atom. The molecular weight excluding hydrogens is 206 g/mol. The minimum Gasteiger partial charge on any atom is -0.311 e. The van der Waals surface area contributed by atoms with Gasteiger partial charge in [-0.3, -0.25) is 0 Å². The Bertz CT molecular complexity index is 275. The Labute approximate surface area is 96.3 Å². The maximum Gasteiger partial charge on any atom is 0.134 e. The number of nitrogens with one attached hydrogen (secondary N) is 1. The van der Waals surface area contributed by atoms with Gasteiger partial charge in [-0.2, -0.15) is 0 Å². The second kappa shape index (κ2) is 5.56. The molecule has 1 aromatic heterocycles. The van der Waals surface area contributed by atoms with Gasteiger partial charge in [-0.05, 0) is 19.4 Å². The number of aromatic nitrogens is 2. The Kier molecular flexibility index (Phi) is 4.67. The van der Waals surface area contributed by atoms with E-state index in [0.717, 1.165) is 16.4 Å². The fourth-order valence-electron chi connectivity index (χ4n) is 1.36. The molecule has 2 unspecified atom stereocenters. The average Bonchev–Trinajstić information content (AvgIpc) is 2.67. The summed E-state index contributed by atoms with van der Waals surface area (Å²) < 4.78 is 0. The number of nitrogens with zero attached hydrogens (tertiary/aromatic N) is 2. The summed E-state index contributed by atoms with van der Waals surface area (Å²) in [7, 11) is 1.97.